The summed E-state index contributed by atoms with van der Waals surface area (Å²) in [6.07, 6.45) is 1.69. The number of Topliss-reactive ketones (excluding diaryl/α,β-unsaturated/α-hetero) is 1. The fraction of sp³-hybridized carbons (Fsp3) is 0.667. The number of carboxylic acid groups (broad SMARTS) is 1. The number of nitrogens with one attached hydrogen (secondary N) is 1. The molecule has 3 atom stereocenters. The van der Waals surface area contributed by atoms with Crippen LogP contribution < -0.4 is 14.8 Å². The summed E-state index contributed by atoms with van der Waals surface area (Å²) in [5, 5.41) is 22.9. The molecule has 1 aromatic rings. The van der Waals surface area contributed by atoms with Crippen molar-refractivity contribution in [3.8, 4) is 11.5 Å². The van der Waals surface area contributed by atoms with Crippen molar-refractivity contribution >= 4 is 17.8 Å². The van der Waals surface area contributed by atoms with Gasteiger partial charge in [0.15, 0.2) is 11.5 Å². The average molecular weight is 509 g/mol. The molecule has 1 aliphatic carbocycles. The minimum absolute atomic E-state index is 0.0772. The first-order chi connectivity index (χ1) is 17.0. The van der Waals surface area contributed by atoms with E-state index in [-0.39, 0.29) is 29.7 Å². The highest BCUT2D eigenvalue weighted by Gasteiger charge is 2.61. The molecular weight excluding hydrogens is 464 g/mol. The summed E-state index contributed by atoms with van der Waals surface area (Å²) in [6.45, 7) is 12.2. The lowest BCUT2D eigenvalue weighted by atomic mass is 9.53. The Bertz CT molecular complexity index is 920. The predicted molar refractivity (Wildman–Crippen MR) is 139 cm³/mol. The molecule has 1 saturated heterocycles. The van der Waals surface area contributed by atoms with Crippen molar-refractivity contribution in [1.82, 2.24) is 10.2 Å². The molecule has 1 amide bonds. The van der Waals surface area contributed by atoms with Crippen LogP contribution in [0, 0.1) is 6.92 Å². The number of hydrogen-bond acceptors (Lipinski definition) is 7. The molecule has 1 aromatic carbocycles. The maximum absolute atomic E-state index is 12.6. The third-order valence-corrected chi connectivity index (χ3v) is 6.96. The van der Waals surface area contributed by atoms with E-state index in [2.05, 4.69) is 24.1 Å². The van der Waals surface area contributed by atoms with Gasteiger partial charge in [-0.2, -0.15) is 0 Å². The Kier molecular flexibility index (Phi) is 11.9. The summed E-state index contributed by atoms with van der Waals surface area (Å²) in [5.41, 5.74) is -0.578. The number of rotatable bonds is 5. The van der Waals surface area contributed by atoms with E-state index in [1.165, 1.54) is 13.5 Å². The van der Waals surface area contributed by atoms with Crippen LogP contribution in [0.4, 0.5) is 4.79 Å². The van der Waals surface area contributed by atoms with Crippen molar-refractivity contribution in [3.63, 3.8) is 0 Å². The van der Waals surface area contributed by atoms with Crippen LogP contribution in [-0.4, -0.2) is 71.8 Å². The van der Waals surface area contributed by atoms with Gasteiger partial charge in [-0.3, -0.25) is 9.59 Å². The second-order valence-corrected chi connectivity index (χ2v) is 9.26. The topological polar surface area (TPSA) is 125 Å². The van der Waals surface area contributed by atoms with E-state index in [0.29, 0.717) is 31.4 Å². The molecule has 9 heteroatoms. The number of carboxylic acids is 1. The van der Waals surface area contributed by atoms with Gasteiger partial charge in [0.25, 0.3) is 0 Å². The number of ether oxygens (including phenoxy) is 2. The molecule has 2 fully saturated rings. The number of likely N-dealkylation sites (N-methyl/N-ethyl adjacent to an activating group) is 1. The summed E-state index contributed by atoms with van der Waals surface area (Å²) >= 11 is 0. The third kappa shape index (κ3) is 6.37. The normalized spacial score (nSPS) is 25.2. The van der Waals surface area contributed by atoms with Crippen LogP contribution in [0.2, 0.25) is 0 Å². The van der Waals surface area contributed by atoms with Gasteiger partial charge in [0.2, 0.25) is 0 Å². The Morgan fingerprint density at radius 1 is 1.22 bits per heavy atom. The molecule has 0 bridgehead atoms. The first-order valence-corrected chi connectivity index (χ1v) is 12.8. The van der Waals surface area contributed by atoms with Crippen molar-refractivity contribution in [2.75, 3.05) is 27.2 Å². The van der Waals surface area contributed by atoms with Crippen molar-refractivity contribution < 1.29 is 34.1 Å². The van der Waals surface area contributed by atoms with Crippen LogP contribution in [0.15, 0.2) is 12.1 Å². The number of hydrogen-bond donors (Lipinski definition) is 3. The molecular formula is C27H44N2O7. The van der Waals surface area contributed by atoms with Crippen LogP contribution in [0.5, 0.6) is 11.5 Å². The van der Waals surface area contributed by atoms with Gasteiger partial charge in [-0.05, 0) is 51.9 Å². The molecule has 0 radical (unpaired) electrons. The monoisotopic (exact) mass is 508 g/mol. The lowest BCUT2D eigenvalue weighted by Gasteiger charge is -2.59. The molecule has 3 unspecified atom stereocenters. The minimum atomic E-state index is -1.20. The Morgan fingerprint density at radius 2 is 1.83 bits per heavy atom. The second-order valence-electron chi connectivity index (χ2n) is 9.26. The standard InChI is InChI=1S/C22H30N2O7.C3H8.C2H6/c1-13-5-6-16(31-20(28)23-12-17(26)27)19(30-4)18(13)21-9-10-24(3)14(2)22(21,29)8-7-15(25)11-21;1-3-2;1-2/h5-6,14,29H,7-12H2,1-4H3,(H,23,28)(H,26,27);3H2,1-2H3;1-2H3. The Balaban J connectivity index is 0.00000120. The molecule has 2 aliphatic rings. The Labute approximate surface area is 215 Å². The summed E-state index contributed by atoms with van der Waals surface area (Å²) in [5.74, 6) is -0.741. The van der Waals surface area contributed by atoms with Gasteiger partial charge in [-0.25, -0.2) is 4.79 Å². The van der Waals surface area contributed by atoms with Gasteiger partial charge in [0, 0.05) is 29.9 Å². The van der Waals surface area contributed by atoms with Crippen molar-refractivity contribution in [3.05, 3.63) is 23.3 Å². The van der Waals surface area contributed by atoms with E-state index in [1.54, 1.807) is 12.1 Å². The van der Waals surface area contributed by atoms with E-state index in [9.17, 15) is 19.5 Å². The number of methoxy groups -OCH3 is 1. The predicted octanol–water partition coefficient (Wildman–Crippen LogP) is 4.07. The number of piperidine rings is 1. The van der Waals surface area contributed by atoms with Crippen LogP contribution in [0.25, 0.3) is 0 Å². The number of fused-ring (bicyclic) bond motifs is 1. The first kappa shape index (κ1) is 31.4. The average Bonchev–Trinajstić information content (AvgIpc) is 2.84. The van der Waals surface area contributed by atoms with Crippen molar-refractivity contribution in [2.45, 2.75) is 90.7 Å². The summed E-state index contributed by atoms with van der Waals surface area (Å²) in [7, 11) is 3.40. The van der Waals surface area contributed by atoms with Gasteiger partial charge >= 0.3 is 12.1 Å². The quantitative estimate of drug-likeness (QED) is 0.544. The third-order valence-electron chi connectivity index (χ3n) is 6.96. The molecule has 9 nitrogen and oxygen atoms in total. The molecule has 0 aromatic heterocycles. The molecule has 1 heterocycles. The number of carbonyl (C=O) groups is 3. The lowest BCUT2D eigenvalue weighted by molar-refractivity contribution is -0.161. The van der Waals surface area contributed by atoms with Crippen LogP contribution in [0.3, 0.4) is 0 Å². The van der Waals surface area contributed by atoms with E-state index in [4.69, 9.17) is 14.6 Å². The smallest absolute Gasteiger partial charge is 0.413 e. The fourth-order valence-electron chi connectivity index (χ4n) is 5.24. The number of aryl methyl sites for hydroxylation is 1. The maximum Gasteiger partial charge on any atom is 0.413 e. The number of benzene rings is 1. The van der Waals surface area contributed by atoms with Crippen LogP contribution in [0.1, 0.15) is 77.8 Å². The number of aliphatic hydroxyl groups is 1. The van der Waals surface area contributed by atoms with E-state index in [0.717, 1.165) is 5.56 Å². The molecule has 3 rings (SSSR count). The zero-order valence-corrected chi connectivity index (χ0v) is 23.1. The number of nitrogens with zero attached hydrogens (tertiary/aromatic N) is 1. The summed E-state index contributed by atoms with van der Waals surface area (Å²) in [4.78, 5) is 37.5. The van der Waals surface area contributed by atoms with E-state index < -0.39 is 29.6 Å². The van der Waals surface area contributed by atoms with Crippen molar-refractivity contribution in [1.29, 1.82) is 0 Å². The van der Waals surface area contributed by atoms with Gasteiger partial charge in [-0.15, -0.1) is 0 Å². The first-order valence-electron chi connectivity index (χ1n) is 12.8. The van der Waals surface area contributed by atoms with E-state index in [1.807, 2.05) is 34.7 Å². The number of likely N-dealkylation sites (tertiary alicyclic amines) is 1. The molecule has 1 saturated carbocycles. The Hall–Kier alpha value is -2.65. The Morgan fingerprint density at radius 3 is 2.39 bits per heavy atom. The van der Waals surface area contributed by atoms with Gasteiger partial charge < -0.3 is 29.9 Å². The van der Waals surface area contributed by atoms with Gasteiger partial charge in [0.05, 0.1) is 12.7 Å². The number of carbonyl (C=O) groups excluding carboxylic acids is 2. The van der Waals surface area contributed by atoms with Crippen molar-refractivity contribution in [2.24, 2.45) is 0 Å². The largest absolute Gasteiger partial charge is 0.493 e. The molecule has 0 spiro atoms. The van der Waals surface area contributed by atoms with E-state index >= 15 is 0 Å². The number of aliphatic carboxylic acids is 1. The van der Waals surface area contributed by atoms with Gasteiger partial charge in [-0.1, -0.05) is 40.2 Å². The molecule has 36 heavy (non-hydrogen) atoms. The number of amides is 1. The zero-order chi connectivity index (χ0) is 27.7. The molecule has 3 N–H and O–H groups in total. The highest BCUT2D eigenvalue weighted by molar-refractivity contribution is 5.83. The maximum atomic E-state index is 12.6. The summed E-state index contributed by atoms with van der Waals surface area (Å²) in [6, 6.07) is 3.13. The fourth-order valence-corrected chi connectivity index (χ4v) is 5.24. The number of ketones is 1. The second kappa shape index (κ2) is 13.6. The molecule has 1 aliphatic heterocycles. The summed E-state index contributed by atoms with van der Waals surface area (Å²) < 4.78 is 11.0. The highest BCUT2D eigenvalue weighted by Crippen LogP contribution is 2.57. The SMILES string of the molecule is CC.CCC.COc1c(OC(=O)NCC(=O)O)ccc(C)c1C12CCN(C)C(C)C1(O)CCC(=O)C2. The highest BCUT2D eigenvalue weighted by atomic mass is 16.6. The zero-order valence-electron chi connectivity index (χ0n) is 23.1. The molecule has 204 valence electrons. The van der Waals surface area contributed by atoms with Gasteiger partial charge in [0.1, 0.15) is 12.3 Å². The van der Waals surface area contributed by atoms with Crippen LogP contribution >= 0.6 is 0 Å². The van der Waals surface area contributed by atoms with Crippen LogP contribution in [-0.2, 0) is 15.0 Å². The minimum Gasteiger partial charge on any atom is -0.493 e. The lowest BCUT2D eigenvalue weighted by Crippen LogP contribution is -2.69.